The zero-order chi connectivity index (χ0) is 25.4. The van der Waals surface area contributed by atoms with Gasteiger partial charge >= 0.3 is 0 Å². The van der Waals surface area contributed by atoms with Gasteiger partial charge in [-0.3, -0.25) is 14.9 Å². The number of carbonyl (C=O) groups excluding carboxylic acids is 2. The Morgan fingerprint density at radius 2 is 1.63 bits per heavy atom. The Balaban J connectivity index is 1.50. The van der Waals surface area contributed by atoms with Crippen molar-refractivity contribution in [2.45, 2.75) is 36.4 Å². The highest BCUT2D eigenvalue weighted by Crippen LogP contribution is 2.26. The number of sulfonamides is 1. The SMILES string of the molecule is CCN(CC)S(=O)(=O)c1ccc(C(=O)Nc2nnc(SCCC(=O)Nc3ccc(C)cc3)s2)cc1. The van der Waals surface area contributed by atoms with Gasteiger partial charge in [0.1, 0.15) is 0 Å². The van der Waals surface area contributed by atoms with Crippen LogP contribution < -0.4 is 10.6 Å². The molecular formula is C23H27N5O4S3. The van der Waals surface area contributed by atoms with Crippen molar-refractivity contribution in [1.82, 2.24) is 14.5 Å². The van der Waals surface area contributed by atoms with E-state index < -0.39 is 15.9 Å². The molecule has 0 aliphatic heterocycles. The minimum Gasteiger partial charge on any atom is -0.326 e. The van der Waals surface area contributed by atoms with Gasteiger partial charge in [-0.15, -0.1) is 10.2 Å². The number of anilines is 2. The Labute approximate surface area is 213 Å². The van der Waals surface area contributed by atoms with Gasteiger partial charge in [0.05, 0.1) is 4.90 Å². The smallest absolute Gasteiger partial charge is 0.257 e. The zero-order valence-electron chi connectivity index (χ0n) is 19.6. The van der Waals surface area contributed by atoms with Crippen molar-refractivity contribution in [2.75, 3.05) is 29.5 Å². The van der Waals surface area contributed by atoms with Gasteiger partial charge in [0.25, 0.3) is 5.91 Å². The van der Waals surface area contributed by atoms with E-state index >= 15 is 0 Å². The van der Waals surface area contributed by atoms with Crippen LogP contribution in [0.3, 0.4) is 0 Å². The number of thioether (sulfide) groups is 1. The van der Waals surface area contributed by atoms with Crippen LogP contribution in [0.4, 0.5) is 10.8 Å². The first-order chi connectivity index (χ1) is 16.7. The van der Waals surface area contributed by atoms with E-state index in [9.17, 15) is 18.0 Å². The van der Waals surface area contributed by atoms with Crippen LogP contribution in [0, 0.1) is 6.92 Å². The van der Waals surface area contributed by atoms with Crippen LogP contribution in [-0.4, -0.2) is 53.6 Å². The van der Waals surface area contributed by atoms with Crippen molar-refractivity contribution in [3.05, 3.63) is 59.7 Å². The van der Waals surface area contributed by atoms with Crippen molar-refractivity contribution in [1.29, 1.82) is 0 Å². The summed E-state index contributed by atoms with van der Waals surface area (Å²) < 4.78 is 27.2. The molecule has 35 heavy (non-hydrogen) atoms. The molecular weight excluding hydrogens is 506 g/mol. The van der Waals surface area contributed by atoms with Gasteiger partial charge in [-0.05, 0) is 43.3 Å². The largest absolute Gasteiger partial charge is 0.326 e. The van der Waals surface area contributed by atoms with Gasteiger partial charge in [-0.25, -0.2) is 8.42 Å². The standard InChI is InChI=1S/C23H27N5O4S3/c1-4-28(5-2)35(31,32)19-12-8-17(9-13-19)21(30)25-22-26-27-23(34-22)33-15-14-20(29)24-18-10-6-16(3)7-11-18/h6-13H,4-5,14-15H2,1-3H3,(H,24,29)(H,25,26,30). The number of aromatic nitrogens is 2. The molecule has 0 spiro atoms. The minimum absolute atomic E-state index is 0.0918. The lowest BCUT2D eigenvalue weighted by Gasteiger charge is -2.18. The Hall–Kier alpha value is -2.80. The van der Waals surface area contributed by atoms with Gasteiger partial charge in [0.2, 0.25) is 21.1 Å². The summed E-state index contributed by atoms with van der Waals surface area (Å²) in [5.41, 5.74) is 2.18. The van der Waals surface area contributed by atoms with Crippen molar-refractivity contribution < 1.29 is 18.0 Å². The normalized spacial score (nSPS) is 11.4. The average molecular weight is 534 g/mol. The van der Waals surface area contributed by atoms with Gasteiger partial charge < -0.3 is 5.32 Å². The van der Waals surface area contributed by atoms with Crippen molar-refractivity contribution in [3.63, 3.8) is 0 Å². The number of rotatable bonds is 11. The van der Waals surface area contributed by atoms with Crippen LogP contribution in [0.1, 0.15) is 36.2 Å². The van der Waals surface area contributed by atoms with Crippen LogP contribution >= 0.6 is 23.1 Å². The van der Waals surface area contributed by atoms with Gasteiger partial charge in [-0.2, -0.15) is 4.31 Å². The molecule has 0 saturated heterocycles. The molecule has 1 aromatic heterocycles. The van der Waals surface area contributed by atoms with E-state index in [4.69, 9.17) is 0 Å². The van der Waals surface area contributed by atoms with E-state index in [0.29, 0.717) is 40.3 Å². The molecule has 12 heteroatoms. The Kier molecular flexibility index (Phi) is 9.38. The summed E-state index contributed by atoms with van der Waals surface area (Å²) in [4.78, 5) is 24.8. The Morgan fingerprint density at radius 1 is 0.971 bits per heavy atom. The molecule has 1 heterocycles. The number of hydrogen-bond donors (Lipinski definition) is 2. The van der Waals surface area contributed by atoms with E-state index in [1.807, 2.05) is 31.2 Å². The van der Waals surface area contributed by atoms with Crippen molar-refractivity contribution in [2.24, 2.45) is 0 Å². The second kappa shape index (κ2) is 12.2. The van der Waals surface area contributed by atoms with Gasteiger partial charge in [-0.1, -0.05) is 54.6 Å². The molecule has 2 aromatic carbocycles. The third-order valence-corrected chi connectivity index (χ3v) is 9.01. The molecule has 0 fully saturated rings. The molecule has 2 N–H and O–H groups in total. The summed E-state index contributed by atoms with van der Waals surface area (Å²) in [6.07, 6.45) is 0.308. The highest BCUT2D eigenvalue weighted by molar-refractivity contribution is 8.01. The lowest BCUT2D eigenvalue weighted by molar-refractivity contribution is -0.115. The summed E-state index contributed by atoms with van der Waals surface area (Å²) in [7, 11) is -3.58. The number of benzene rings is 2. The van der Waals surface area contributed by atoms with E-state index in [1.54, 1.807) is 13.8 Å². The molecule has 2 amide bonds. The number of nitrogens with zero attached hydrogens (tertiary/aromatic N) is 3. The minimum atomic E-state index is -3.58. The molecule has 0 atom stereocenters. The monoisotopic (exact) mass is 533 g/mol. The second-order valence-corrected chi connectivity index (χ2v) is 11.7. The fourth-order valence-electron chi connectivity index (χ4n) is 3.07. The van der Waals surface area contributed by atoms with Crippen LogP contribution in [0.5, 0.6) is 0 Å². The molecule has 0 saturated carbocycles. The zero-order valence-corrected chi connectivity index (χ0v) is 22.1. The number of hydrogen-bond acceptors (Lipinski definition) is 8. The summed E-state index contributed by atoms with van der Waals surface area (Å²) in [5, 5.41) is 13.8. The van der Waals surface area contributed by atoms with Crippen LogP contribution in [0.25, 0.3) is 0 Å². The van der Waals surface area contributed by atoms with Crippen LogP contribution in [-0.2, 0) is 14.8 Å². The molecule has 0 aliphatic carbocycles. The number of amides is 2. The quantitative estimate of drug-likeness (QED) is 0.279. The molecule has 0 radical (unpaired) electrons. The number of nitrogens with one attached hydrogen (secondary N) is 2. The molecule has 3 aromatic rings. The lowest BCUT2D eigenvalue weighted by Crippen LogP contribution is -2.30. The first-order valence-corrected chi connectivity index (χ1v) is 14.2. The molecule has 186 valence electrons. The predicted molar refractivity (Wildman–Crippen MR) is 140 cm³/mol. The third-order valence-electron chi connectivity index (χ3n) is 4.98. The van der Waals surface area contributed by atoms with Gasteiger partial charge in [0.15, 0.2) is 4.34 Å². The van der Waals surface area contributed by atoms with Crippen molar-refractivity contribution in [3.8, 4) is 0 Å². The number of carbonyl (C=O) groups is 2. The van der Waals surface area contributed by atoms with Crippen LogP contribution in [0.2, 0.25) is 0 Å². The molecule has 3 rings (SSSR count). The van der Waals surface area contributed by atoms with E-state index in [-0.39, 0.29) is 10.8 Å². The summed E-state index contributed by atoms with van der Waals surface area (Å²) >= 11 is 2.58. The molecule has 0 unspecified atom stereocenters. The lowest BCUT2D eigenvalue weighted by atomic mass is 10.2. The summed E-state index contributed by atoms with van der Waals surface area (Å²) in [5.74, 6) is 0.00996. The first kappa shape index (κ1) is 26.8. The summed E-state index contributed by atoms with van der Waals surface area (Å²) in [6.45, 7) is 6.28. The molecule has 0 aliphatic rings. The Morgan fingerprint density at radius 3 is 2.26 bits per heavy atom. The topological polar surface area (TPSA) is 121 Å². The average Bonchev–Trinajstić information content (AvgIpc) is 3.28. The fraction of sp³-hybridized carbons (Fsp3) is 0.304. The predicted octanol–water partition coefficient (Wildman–Crippen LogP) is 4.25. The van der Waals surface area contributed by atoms with Gasteiger partial charge in [0, 0.05) is 36.5 Å². The fourth-order valence-corrected chi connectivity index (χ4v) is 6.28. The van der Waals surface area contributed by atoms with E-state index in [1.165, 1.54) is 51.7 Å². The highest BCUT2D eigenvalue weighted by Gasteiger charge is 2.22. The maximum absolute atomic E-state index is 12.6. The third kappa shape index (κ3) is 7.34. The highest BCUT2D eigenvalue weighted by atomic mass is 32.2. The number of aryl methyl sites for hydroxylation is 1. The summed E-state index contributed by atoms with van der Waals surface area (Å²) in [6, 6.07) is 13.4. The maximum atomic E-state index is 12.6. The van der Waals surface area contributed by atoms with Crippen LogP contribution in [0.15, 0.2) is 57.8 Å². The van der Waals surface area contributed by atoms with E-state index in [2.05, 4.69) is 20.8 Å². The molecule has 0 bridgehead atoms. The van der Waals surface area contributed by atoms with Crippen molar-refractivity contribution >= 4 is 55.8 Å². The second-order valence-electron chi connectivity index (χ2n) is 7.45. The van der Waals surface area contributed by atoms with E-state index in [0.717, 1.165) is 11.3 Å². The first-order valence-electron chi connectivity index (χ1n) is 11.0. The Bertz CT molecular complexity index is 1260. The molecule has 9 nitrogen and oxygen atoms in total. The maximum Gasteiger partial charge on any atom is 0.257 e.